The maximum Gasteiger partial charge on any atom is 0.326 e. The van der Waals surface area contributed by atoms with Gasteiger partial charge in [0.1, 0.15) is 6.04 Å². The predicted octanol–water partition coefficient (Wildman–Crippen LogP) is 2.29. The highest BCUT2D eigenvalue weighted by molar-refractivity contribution is 5.92. The molecule has 0 aromatic heterocycles. The van der Waals surface area contributed by atoms with E-state index in [1.807, 2.05) is 6.92 Å². The highest BCUT2D eigenvalue weighted by Gasteiger charge is 2.25. The number of terminal acetylenes is 1. The number of aliphatic carboxylic acids is 1. The van der Waals surface area contributed by atoms with Gasteiger partial charge in [-0.2, -0.15) is 0 Å². The number of hydrogen-bond acceptors (Lipinski definition) is 2. The Kier molecular flexibility index (Phi) is 5.60. The van der Waals surface area contributed by atoms with Crippen molar-refractivity contribution in [1.29, 1.82) is 0 Å². The van der Waals surface area contributed by atoms with Crippen LogP contribution in [0.1, 0.15) is 25.8 Å². The topological polar surface area (TPSA) is 78.4 Å². The van der Waals surface area contributed by atoms with E-state index in [9.17, 15) is 9.59 Å². The first-order chi connectivity index (χ1) is 9.47. The Bertz CT molecular complexity index is 534. The van der Waals surface area contributed by atoms with Gasteiger partial charge in [0.25, 0.3) is 0 Å². The number of anilines is 1. The maximum atomic E-state index is 11.8. The van der Waals surface area contributed by atoms with Crippen molar-refractivity contribution in [3.8, 4) is 12.3 Å². The molecule has 0 aliphatic heterocycles. The minimum Gasteiger partial charge on any atom is -0.480 e. The summed E-state index contributed by atoms with van der Waals surface area (Å²) in [5.74, 6) is 1.25. The first kappa shape index (κ1) is 15.6. The van der Waals surface area contributed by atoms with Gasteiger partial charge in [-0.05, 0) is 24.1 Å². The molecule has 5 nitrogen and oxygen atoms in total. The molecule has 2 unspecified atom stereocenters. The molecule has 0 bridgehead atoms. The molecule has 0 heterocycles. The third-order valence-electron chi connectivity index (χ3n) is 3.05. The van der Waals surface area contributed by atoms with Crippen molar-refractivity contribution in [3.63, 3.8) is 0 Å². The molecule has 0 saturated heterocycles. The van der Waals surface area contributed by atoms with E-state index in [1.165, 1.54) is 0 Å². The first-order valence-corrected chi connectivity index (χ1v) is 6.35. The zero-order valence-electron chi connectivity index (χ0n) is 11.5. The summed E-state index contributed by atoms with van der Waals surface area (Å²) in [7, 11) is 0. The SMILES string of the molecule is C#Cc1cccc(NC(=O)NC(C(=O)O)C(C)CC)c1. The summed E-state index contributed by atoms with van der Waals surface area (Å²) >= 11 is 0. The van der Waals surface area contributed by atoms with Crippen LogP contribution in [0.2, 0.25) is 0 Å². The molecule has 20 heavy (non-hydrogen) atoms. The number of nitrogens with one attached hydrogen (secondary N) is 2. The monoisotopic (exact) mass is 274 g/mol. The van der Waals surface area contributed by atoms with Crippen LogP contribution >= 0.6 is 0 Å². The van der Waals surface area contributed by atoms with Gasteiger partial charge in [-0.15, -0.1) is 6.42 Å². The minimum absolute atomic E-state index is 0.157. The van der Waals surface area contributed by atoms with E-state index in [2.05, 4.69) is 16.6 Å². The van der Waals surface area contributed by atoms with Crippen molar-refractivity contribution in [2.45, 2.75) is 26.3 Å². The van der Waals surface area contributed by atoms with Crippen molar-refractivity contribution in [1.82, 2.24) is 5.32 Å². The summed E-state index contributed by atoms with van der Waals surface area (Å²) < 4.78 is 0. The highest BCUT2D eigenvalue weighted by Crippen LogP contribution is 2.11. The molecule has 1 aromatic carbocycles. The minimum atomic E-state index is -1.05. The molecular weight excluding hydrogens is 256 g/mol. The molecule has 5 heteroatoms. The summed E-state index contributed by atoms with van der Waals surface area (Å²) in [4.78, 5) is 22.9. The van der Waals surface area contributed by atoms with Crippen LogP contribution in [-0.4, -0.2) is 23.1 Å². The molecule has 0 radical (unpaired) electrons. The van der Waals surface area contributed by atoms with Crippen molar-refractivity contribution < 1.29 is 14.7 Å². The average molecular weight is 274 g/mol. The Morgan fingerprint density at radius 1 is 1.45 bits per heavy atom. The summed E-state index contributed by atoms with van der Waals surface area (Å²) in [6.45, 7) is 3.65. The second kappa shape index (κ2) is 7.19. The zero-order chi connectivity index (χ0) is 15.1. The maximum absolute atomic E-state index is 11.8. The lowest BCUT2D eigenvalue weighted by molar-refractivity contribution is -0.140. The molecule has 0 aliphatic carbocycles. The molecule has 0 spiro atoms. The van der Waals surface area contributed by atoms with Crippen LogP contribution in [0.5, 0.6) is 0 Å². The molecule has 1 rings (SSSR count). The molecule has 1 aromatic rings. The number of carbonyl (C=O) groups is 2. The van der Waals surface area contributed by atoms with Gasteiger partial charge in [0.15, 0.2) is 0 Å². The number of carboxylic acid groups (broad SMARTS) is 1. The van der Waals surface area contributed by atoms with Crippen LogP contribution in [0, 0.1) is 18.3 Å². The number of amides is 2. The number of benzene rings is 1. The first-order valence-electron chi connectivity index (χ1n) is 6.35. The standard InChI is InChI=1S/C15H18N2O3/c1-4-10(3)13(14(18)19)17-15(20)16-12-8-6-7-11(5-2)9-12/h2,6-10,13H,4H2,1,3H3,(H,18,19)(H2,16,17,20). The van der Waals surface area contributed by atoms with Crippen LogP contribution < -0.4 is 10.6 Å². The van der Waals surface area contributed by atoms with Crippen LogP contribution in [0.15, 0.2) is 24.3 Å². The Labute approximate surface area is 118 Å². The largest absolute Gasteiger partial charge is 0.480 e. The molecule has 0 fully saturated rings. The van der Waals surface area contributed by atoms with Crippen molar-refractivity contribution in [3.05, 3.63) is 29.8 Å². The number of carboxylic acids is 1. The summed E-state index contributed by atoms with van der Waals surface area (Å²) in [5.41, 5.74) is 1.16. The van der Waals surface area contributed by atoms with Gasteiger partial charge in [-0.3, -0.25) is 0 Å². The third kappa shape index (κ3) is 4.32. The van der Waals surface area contributed by atoms with Gasteiger partial charge in [-0.25, -0.2) is 9.59 Å². The van der Waals surface area contributed by atoms with E-state index >= 15 is 0 Å². The molecule has 3 N–H and O–H groups in total. The van der Waals surface area contributed by atoms with E-state index in [0.29, 0.717) is 17.7 Å². The lowest BCUT2D eigenvalue weighted by atomic mass is 9.99. The fourth-order valence-electron chi connectivity index (χ4n) is 1.68. The second-order valence-corrected chi connectivity index (χ2v) is 4.53. The smallest absolute Gasteiger partial charge is 0.326 e. The van der Waals surface area contributed by atoms with Crippen LogP contribution in [-0.2, 0) is 4.79 Å². The molecular formula is C15H18N2O3. The van der Waals surface area contributed by atoms with Crippen LogP contribution in [0.4, 0.5) is 10.5 Å². The van der Waals surface area contributed by atoms with Crippen LogP contribution in [0.3, 0.4) is 0 Å². The van der Waals surface area contributed by atoms with Gasteiger partial charge < -0.3 is 15.7 Å². The van der Waals surface area contributed by atoms with Gasteiger partial charge in [0, 0.05) is 11.3 Å². The fourth-order valence-corrected chi connectivity index (χ4v) is 1.68. The predicted molar refractivity (Wildman–Crippen MR) is 77.4 cm³/mol. The normalized spacial score (nSPS) is 12.8. The summed E-state index contributed by atoms with van der Waals surface area (Å²) in [6.07, 6.45) is 5.93. The Morgan fingerprint density at radius 3 is 2.70 bits per heavy atom. The van der Waals surface area contributed by atoms with Gasteiger partial charge in [0.2, 0.25) is 0 Å². The molecule has 106 valence electrons. The van der Waals surface area contributed by atoms with E-state index < -0.39 is 18.0 Å². The van der Waals surface area contributed by atoms with Gasteiger partial charge in [-0.1, -0.05) is 32.3 Å². The third-order valence-corrected chi connectivity index (χ3v) is 3.05. The van der Waals surface area contributed by atoms with Gasteiger partial charge in [0.05, 0.1) is 0 Å². The molecule has 0 aliphatic rings. The van der Waals surface area contributed by atoms with Gasteiger partial charge >= 0.3 is 12.0 Å². The Balaban J connectivity index is 2.71. The number of hydrogen-bond donors (Lipinski definition) is 3. The molecule has 2 atom stereocenters. The lowest BCUT2D eigenvalue weighted by Crippen LogP contribution is -2.46. The zero-order valence-corrected chi connectivity index (χ0v) is 11.5. The summed E-state index contributed by atoms with van der Waals surface area (Å²) in [5, 5.41) is 14.1. The van der Waals surface area contributed by atoms with Crippen molar-refractivity contribution >= 4 is 17.7 Å². The Hall–Kier alpha value is -2.48. The number of urea groups is 1. The quantitative estimate of drug-likeness (QED) is 0.721. The molecule has 2 amide bonds. The Morgan fingerprint density at radius 2 is 2.15 bits per heavy atom. The molecule has 0 saturated carbocycles. The van der Waals surface area contributed by atoms with Crippen LogP contribution in [0.25, 0.3) is 0 Å². The van der Waals surface area contributed by atoms with Crippen molar-refractivity contribution in [2.75, 3.05) is 5.32 Å². The lowest BCUT2D eigenvalue weighted by Gasteiger charge is -2.20. The van der Waals surface area contributed by atoms with E-state index in [-0.39, 0.29) is 5.92 Å². The van der Waals surface area contributed by atoms with Crippen molar-refractivity contribution in [2.24, 2.45) is 5.92 Å². The fraction of sp³-hybridized carbons (Fsp3) is 0.333. The van der Waals surface area contributed by atoms with E-state index in [1.54, 1.807) is 31.2 Å². The highest BCUT2D eigenvalue weighted by atomic mass is 16.4. The summed E-state index contributed by atoms with van der Waals surface area (Å²) in [6, 6.07) is 5.29. The second-order valence-electron chi connectivity index (χ2n) is 4.53. The number of carbonyl (C=O) groups excluding carboxylic acids is 1. The van der Waals surface area contributed by atoms with E-state index in [0.717, 1.165) is 0 Å². The average Bonchev–Trinajstić information content (AvgIpc) is 2.43. The number of rotatable bonds is 5. The van der Waals surface area contributed by atoms with E-state index in [4.69, 9.17) is 11.5 Å².